The molecule has 2 rings (SSSR count). The van der Waals surface area contributed by atoms with E-state index >= 15 is 0 Å². The number of benzene rings is 1. The van der Waals surface area contributed by atoms with Crippen molar-refractivity contribution in [1.29, 1.82) is 0 Å². The molecule has 0 radical (unpaired) electrons. The van der Waals surface area contributed by atoms with Crippen molar-refractivity contribution < 1.29 is 19.1 Å². The quantitative estimate of drug-likeness (QED) is 0.301. The van der Waals surface area contributed by atoms with Crippen LogP contribution in [0.2, 0.25) is 5.02 Å². The van der Waals surface area contributed by atoms with Gasteiger partial charge in [-0.3, -0.25) is 4.79 Å². The molecule has 0 saturated heterocycles. The number of nitrogens with zero attached hydrogens (tertiary/aromatic N) is 2. The molecular weight excluding hydrogens is 432 g/mol. The fourth-order valence-corrected chi connectivity index (χ4v) is 4.26. The van der Waals surface area contributed by atoms with E-state index in [1.165, 1.54) is 12.0 Å². The topological polar surface area (TPSA) is 68.2 Å². The molecule has 0 bridgehead atoms. The zero-order valence-corrected chi connectivity index (χ0v) is 18.9. The predicted molar refractivity (Wildman–Crippen MR) is 119 cm³/mol. The van der Waals surface area contributed by atoms with Gasteiger partial charge in [0, 0.05) is 21.2 Å². The molecule has 0 N–H and O–H groups in total. The predicted octanol–water partition coefficient (Wildman–Crippen LogP) is 5.04. The highest BCUT2D eigenvalue weighted by Crippen LogP contribution is 2.25. The minimum absolute atomic E-state index is 0.213. The Labute approximate surface area is 183 Å². The van der Waals surface area contributed by atoms with E-state index in [0.717, 1.165) is 27.0 Å². The van der Waals surface area contributed by atoms with Crippen molar-refractivity contribution in [3.63, 3.8) is 0 Å². The minimum Gasteiger partial charge on any atom is -0.465 e. The van der Waals surface area contributed by atoms with Crippen LogP contribution in [0.4, 0.5) is 4.79 Å². The second-order valence-electron chi connectivity index (χ2n) is 5.69. The fraction of sp³-hybridized carbons (Fsp3) is 0.350. The maximum atomic E-state index is 12.2. The van der Waals surface area contributed by atoms with E-state index in [4.69, 9.17) is 21.1 Å². The minimum atomic E-state index is -0.747. The monoisotopic (exact) mass is 454 g/mol. The molecule has 0 aliphatic heterocycles. The second-order valence-corrected chi connectivity index (χ2v) is 8.57. The number of hydrogen-bond acceptors (Lipinski definition) is 7. The van der Waals surface area contributed by atoms with Gasteiger partial charge in [0.05, 0.1) is 18.6 Å². The summed E-state index contributed by atoms with van der Waals surface area (Å²) in [6, 6.07) is 11.1. The molecule has 0 aliphatic carbocycles. The number of amides is 1. The van der Waals surface area contributed by atoms with Gasteiger partial charge in [0.1, 0.15) is 12.3 Å². The molecule has 6 nitrogen and oxygen atoms in total. The summed E-state index contributed by atoms with van der Waals surface area (Å²) in [4.78, 5) is 26.2. The highest BCUT2D eigenvalue weighted by Gasteiger charge is 2.21. The summed E-state index contributed by atoms with van der Waals surface area (Å²) >= 11 is 9.44. The molecule has 0 saturated carbocycles. The number of halogens is 1. The van der Waals surface area contributed by atoms with Crippen LogP contribution in [0, 0.1) is 0 Å². The molecular formula is C20H23ClN2O4S2. The third-order valence-electron chi connectivity index (χ3n) is 3.65. The SMILES string of the molecule is CCOC(=O)CN(N=C(c1ccc(Cl)cc1)c1ccc(CSCC)s1)C(=O)OC. The normalized spacial score (nSPS) is 11.2. The van der Waals surface area contributed by atoms with Gasteiger partial charge >= 0.3 is 12.1 Å². The van der Waals surface area contributed by atoms with Crippen LogP contribution in [-0.4, -0.2) is 48.8 Å². The Hall–Kier alpha value is -2.03. The molecule has 2 aromatic rings. The molecule has 0 spiro atoms. The average molecular weight is 455 g/mol. The van der Waals surface area contributed by atoms with Crippen LogP contribution in [0.5, 0.6) is 0 Å². The van der Waals surface area contributed by atoms with Gasteiger partial charge in [-0.05, 0) is 36.9 Å². The van der Waals surface area contributed by atoms with Gasteiger partial charge in [-0.25, -0.2) is 4.79 Å². The molecule has 29 heavy (non-hydrogen) atoms. The number of rotatable bonds is 9. The summed E-state index contributed by atoms with van der Waals surface area (Å²) in [5, 5.41) is 6.04. The van der Waals surface area contributed by atoms with Gasteiger partial charge in [0.2, 0.25) is 0 Å². The number of hydrazone groups is 1. The van der Waals surface area contributed by atoms with Gasteiger partial charge < -0.3 is 9.47 Å². The number of carbonyl (C=O) groups excluding carboxylic acids is 2. The number of carbonyl (C=O) groups is 2. The molecule has 0 aliphatic rings. The van der Waals surface area contributed by atoms with Crippen molar-refractivity contribution in [3.05, 3.63) is 56.7 Å². The Morgan fingerprint density at radius 1 is 1.17 bits per heavy atom. The molecule has 0 unspecified atom stereocenters. The first-order valence-electron chi connectivity index (χ1n) is 9.00. The standard InChI is InChI=1S/C20H23ClN2O4S2/c1-4-27-18(24)12-23(20(25)26-3)22-19(14-6-8-15(21)9-7-14)17-11-10-16(29-17)13-28-5-2/h6-11H,4-5,12-13H2,1-3H3. The summed E-state index contributed by atoms with van der Waals surface area (Å²) in [5.41, 5.74) is 1.32. The van der Waals surface area contributed by atoms with E-state index in [1.807, 2.05) is 36.0 Å². The largest absolute Gasteiger partial charge is 0.465 e. The number of hydrogen-bond donors (Lipinski definition) is 0. The van der Waals surface area contributed by atoms with Crippen LogP contribution in [0.25, 0.3) is 0 Å². The van der Waals surface area contributed by atoms with E-state index in [9.17, 15) is 9.59 Å². The van der Waals surface area contributed by atoms with Crippen molar-refractivity contribution in [2.24, 2.45) is 5.10 Å². The van der Waals surface area contributed by atoms with E-state index in [0.29, 0.717) is 10.7 Å². The average Bonchev–Trinajstić information content (AvgIpc) is 3.18. The van der Waals surface area contributed by atoms with E-state index in [1.54, 1.807) is 30.4 Å². The molecule has 9 heteroatoms. The lowest BCUT2D eigenvalue weighted by molar-refractivity contribution is -0.144. The highest BCUT2D eigenvalue weighted by atomic mass is 35.5. The zero-order valence-electron chi connectivity index (χ0n) is 16.5. The molecule has 1 aromatic carbocycles. The maximum absolute atomic E-state index is 12.2. The zero-order chi connectivity index (χ0) is 21.2. The lowest BCUT2D eigenvalue weighted by Gasteiger charge is -2.17. The van der Waals surface area contributed by atoms with Crippen molar-refractivity contribution in [2.45, 2.75) is 19.6 Å². The molecule has 1 heterocycles. The van der Waals surface area contributed by atoms with Crippen molar-refractivity contribution in [3.8, 4) is 0 Å². The molecule has 0 atom stereocenters. The fourth-order valence-electron chi connectivity index (χ4n) is 2.34. The second kappa shape index (κ2) is 11.8. The summed E-state index contributed by atoms with van der Waals surface area (Å²) in [7, 11) is 1.24. The lowest BCUT2D eigenvalue weighted by Crippen LogP contribution is -2.33. The van der Waals surface area contributed by atoms with Crippen LogP contribution in [0.15, 0.2) is 41.5 Å². The van der Waals surface area contributed by atoms with Crippen LogP contribution in [-0.2, 0) is 20.0 Å². The van der Waals surface area contributed by atoms with Crippen LogP contribution >= 0.6 is 34.7 Å². The van der Waals surface area contributed by atoms with Gasteiger partial charge in [0.25, 0.3) is 0 Å². The summed E-state index contributed by atoms with van der Waals surface area (Å²) < 4.78 is 9.74. The maximum Gasteiger partial charge on any atom is 0.430 e. The number of ether oxygens (including phenoxy) is 2. The van der Waals surface area contributed by atoms with E-state index in [2.05, 4.69) is 12.0 Å². The molecule has 0 fully saturated rings. The Kier molecular flexibility index (Phi) is 9.50. The first-order chi connectivity index (χ1) is 14.0. The highest BCUT2D eigenvalue weighted by molar-refractivity contribution is 7.98. The molecule has 1 amide bonds. The van der Waals surface area contributed by atoms with Crippen molar-refractivity contribution >= 4 is 52.5 Å². The van der Waals surface area contributed by atoms with Gasteiger partial charge in [-0.1, -0.05) is 30.7 Å². The summed E-state index contributed by atoms with van der Waals surface area (Å²) in [5.74, 6) is 1.36. The van der Waals surface area contributed by atoms with Gasteiger partial charge in [-0.2, -0.15) is 21.9 Å². The summed E-state index contributed by atoms with van der Waals surface area (Å²) in [6.45, 7) is 3.68. The number of thiophene rings is 1. The van der Waals surface area contributed by atoms with Crippen LogP contribution in [0.1, 0.15) is 29.2 Å². The third-order valence-corrected chi connectivity index (χ3v) is 6.10. The number of thioether (sulfide) groups is 1. The number of esters is 1. The van der Waals surface area contributed by atoms with Gasteiger partial charge in [0.15, 0.2) is 0 Å². The first-order valence-corrected chi connectivity index (χ1v) is 11.4. The lowest BCUT2D eigenvalue weighted by atomic mass is 10.1. The van der Waals surface area contributed by atoms with Crippen molar-refractivity contribution in [1.82, 2.24) is 5.01 Å². The Morgan fingerprint density at radius 3 is 2.52 bits per heavy atom. The van der Waals surface area contributed by atoms with Crippen LogP contribution < -0.4 is 0 Å². The van der Waals surface area contributed by atoms with E-state index in [-0.39, 0.29) is 13.2 Å². The number of methoxy groups -OCH3 is 1. The molecule has 156 valence electrons. The summed E-state index contributed by atoms with van der Waals surface area (Å²) in [6.07, 6.45) is -0.747. The van der Waals surface area contributed by atoms with Crippen molar-refractivity contribution in [2.75, 3.05) is 26.0 Å². The smallest absolute Gasteiger partial charge is 0.430 e. The Bertz CT molecular complexity index is 852. The third kappa shape index (κ3) is 7.06. The van der Waals surface area contributed by atoms with E-state index < -0.39 is 12.1 Å². The van der Waals surface area contributed by atoms with Gasteiger partial charge in [-0.15, -0.1) is 11.3 Å². The molecule has 1 aromatic heterocycles. The Balaban J connectivity index is 2.45. The first kappa shape index (κ1) is 23.3. The van der Waals surface area contributed by atoms with Crippen LogP contribution in [0.3, 0.4) is 0 Å². The Morgan fingerprint density at radius 2 is 1.90 bits per heavy atom.